The van der Waals surface area contributed by atoms with E-state index in [0.29, 0.717) is 6.08 Å². The zero-order valence-corrected chi connectivity index (χ0v) is 22.6. The van der Waals surface area contributed by atoms with Crippen molar-refractivity contribution < 1.29 is 53.8 Å². The van der Waals surface area contributed by atoms with E-state index in [2.05, 4.69) is 4.74 Å². The lowest BCUT2D eigenvalue weighted by atomic mass is 9.71. The summed E-state index contributed by atoms with van der Waals surface area (Å²) < 4.78 is 133. The van der Waals surface area contributed by atoms with Gasteiger partial charge in [0.25, 0.3) is 5.60 Å². The zero-order chi connectivity index (χ0) is 30.9. The van der Waals surface area contributed by atoms with Crippen LogP contribution in [0.15, 0.2) is 72.6 Å². The fraction of sp³-hybridized carbons (Fsp3) is 0.370. The molecule has 0 fully saturated rings. The van der Waals surface area contributed by atoms with Gasteiger partial charge in [-0.25, -0.2) is 17.6 Å². The standard InChI is InChI=1S/C27H26F7NO5S/c1-3-15-35(41(38,39)17-18-9-11-20(12-10-18)23(36)40-2)24(25(37,26(29,30)31)27(32,33)34)14-13-21(22(28)16-24)19-7-5-4-6-8-19/h4-14,37H,3,15-17H2,1-2H3. The largest absolute Gasteiger partial charge is 0.465 e. The first-order chi connectivity index (χ1) is 18.9. The second-order valence-electron chi connectivity index (χ2n) is 9.34. The third-order valence-corrected chi connectivity index (χ3v) is 8.58. The quantitative estimate of drug-likeness (QED) is 0.281. The fourth-order valence-corrected chi connectivity index (χ4v) is 6.74. The summed E-state index contributed by atoms with van der Waals surface area (Å²) in [5.74, 6) is -3.37. The van der Waals surface area contributed by atoms with Gasteiger partial charge in [0, 0.05) is 18.5 Å². The van der Waals surface area contributed by atoms with Crippen molar-refractivity contribution in [1.82, 2.24) is 4.31 Å². The van der Waals surface area contributed by atoms with Gasteiger partial charge in [0.2, 0.25) is 10.0 Å². The Morgan fingerprint density at radius 1 is 1.00 bits per heavy atom. The van der Waals surface area contributed by atoms with Gasteiger partial charge in [0.1, 0.15) is 11.4 Å². The summed E-state index contributed by atoms with van der Waals surface area (Å²) in [6.45, 7) is 0.380. The molecule has 0 aliphatic heterocycles. The Kier molecular flexibility index (Phi) is 9.11. The maximum Gasteiger partial charge on any atom is 0.428 e. The number of carbonyl (C=O) groups excluding carboxylic acids is 1. The molecule has 2 aromatic rings. The van der Waals surface area contributed by atoms with Crippen molar-refractivity contribution in [1.29, 1.82) is 0 Å². The van der Waals surface area contributed by atoms with Crippen molar-refractivity contribution in [2.45, 2.75) is 49.0 Å². The number of methoxy groups -OCH3 is 1. The van der Waals surface area contributed by atoms with E-state index in [-0.39, 0.29) is 39.1 Å². The Balaban J connectivity index is 2.25. The molecule has 0 spiro atoms. The van der Waals surface area contributed by atoms with Gasteiger partial charge in [-0.3, -0.25) is 0 Å². The van der Waals surface area contributed by atoms with Crippen LogP contribution in [0, 0.1) is 0 Å². The molecule has 14 heteroatoms. The first-order valence-electron chi connectivity index (χ1n) is 12.1. The fourth-order valence-electron chi connectivity index (χ4n) is 4.76. The number of hydrogen-bond donors (Lipinski definition) is 1. The van der Waals surface area contributed by atoms with E-state index in [0.717, 1.165) is 31.4 Å². The Labute approximate surface area is 231 Å². The van der Waals surface area contributed by atoms with E-state index in [1.54, 1.807) is 6.07 Å². The molecular formula is C27H26F7NO5S. The highest BCUT2D eigenvalue weighted by molar-refractivity contribution is 7.88. The molecule has 0 amide bonds. The van der Waals surface area contributed by atoms with Crippen LogP contribution in [-0.2, 0) is 20.5 Å². The number of aliphatic hydroxyl groups is 1. The molecule has 1 N–H and O–H groups in total. The van der Waals surface area contributed by atoms with Gasteiger partial charge in [0.05, 0.1) is 18.4 Å². The highest BCUT2D eigenvalue weighted by Gasteiger charge is 2.81. The lowest BCUT2D eigenvalue weighted by Gasteiger charge is -2.52. The highest BCUT2D eigenvalue weighted by atomic mass is 32.2. The van der Waals surface area contributed by atoms with Crippen molar-refractivity contribution in [3.05, 3.63) is 89.3 Å². The van der Waals surface area contributed by atoms with E-state index in [4.69, 9.17) is 0 Å². The average molecular weight is 610 g/mol. The van der Waals surface area contributed by atoms with Crippen molar-refractivity contribution in [3.63, 3.8) is 0 Å². The van der Waals surface area contributed by atoms with Crippen LogP contribution in [0.3, 0.4) is 0 Å². The zero-order valence-electron chi connectivity index (χ0n) is 21.8. The molecular weight excluding hydrogens is 583 g/mol. The molecule has 1 aliphatic carbocycles. The number of hydrogen-bond acceptors (Lipinski definition) is 5. The van der Waals surface area contributed by atoms with Crippen LogP contribution in [0.5, 0.6) is 0 Å². The monoisotopic (exact) mass is 609 g/mol. The second-order valence-corrected chi connectivity index (χ2v) is 11.2. The predicted molar refractivity (Wildman–Crippen MR) is 135 cm³/mol. The van der Waals surface area contributed by atoms with Crippen LogP contribution >= 0.6 is 0 Å². The van der Waals surface area contributed by atoms with Gasteiger partial charge >= 0.3 is 18.3 Å². The molecule has 6 nitrogen and oxygen atoms in total. The summed E-state index contributed by atoms with van der Waals surface area (Å²) in [5.41, 5.74) is -9.92. The van der Waals surface area contributed by atoms with Crippen molar-refractivity contribution in [2.75, 3.05) is 13.7 Å². The molecule has 224 valence electrons. The summed E-state index contributed by atoms with van der Waals surface area (Å²) in [6, 6.07) is 11.8. The number of allylic oxidation sites excluding steroid dienone is 2. The Morgan fingerprint density at radius 3 is 2.02 bits per heavy atom. The average Bonchev–Trinajstić information content (AvgIpc) is 2.90. The number of rotatable bonds is 9. The predicted octanol–water partition coefficient (Wildman–Crippen LogP) is 5.95. The van der Waals surface area contributed by atoms with Crippen LogP contribution in [0.25, 0.3) is 5.57 Å². The van der Waals surface area contributed by atoms with E-state index >= 15 is 4.39 Å². The number of halogens is 7. The molecule has 3 rings (SSSR count). The van der Waals surface area contributed by atoms with Crippen LogP contribution in [0.2, 0.25) is 0 Å². The Bertz CT molecular complexity index is 1400. The number of carbonyl (C=O) groups is 1. The van der Waals surface area contributed by atoms with E-state index in [9.17, 15) is 44.7 Å². The lowest BCUT2D eigenvalue weighted by Crippen LogP contribution is -2.76. The van der Waals surface area contributed by atoms with Crippen LogP contribution in [-0.4, -0.2) is 60.9 Å². The molecule has 1 aliphatic rings. The topological polar surface area (TPSA) is 83.9 Å². The molecule has 0 saturated carbocycles. The molecule has 1 unspecified atom stereocenters. The van der Waals surface area contributed by atoms with Crippen molar-refractivity contribution >= 4 is 21.6 Å². The van der Waals surface area contributed by atoms with Gasteiger partial charge in [-0.15, -0.1) is 0 Å². The van der Waals surface area contributed by atoms with E-state index in [1.165, 1.54) is 31.2 Å². The summed E-state index contributed by atoms with van der Waals surface area (Å²) in [6.07, 6.45) is -14.1. The van der Waals surface area contributed by atoms with Gasteiger partial charge in [-0.05, 0) is 29.7 Å². The summed E-state index contributed by atoms with van der Waals surface area (Å²) in [4.78, 5) is 11.7. The Morgan fingerprint density at radius 2 is 1.56 bits per heavy atom. The SMILES string of the molecule is CCCN(C1(C(O)(C(F)(F)F)C(F)(F)F)C=CC(c2ccccc2)=C(F)C1)S(=O)(=O)Cc1ccc(C(=O)OC)cc1. The minimum Gasteiger partial charge on any atom is -0.465 e. The molecule has 0 radical (unpaired) electrons. The summed E-state index contributed by atoms with van der Waals surface area (Å²) in [7, 11) is -4.03. The van der Waals surface area contributed by atoms with Gasteiger partial charge in [0.15, 0.2) is 0 Å². The van der Waals surface area contributed by atoms with Crippen LogP contribution < -0.4 is 0 Å². The third-order valence-electron chi connectivity index (χ3n) is 6.71. The number of ether oxygens (including phenoxy) is 1. The molecule has 41 heavy (non-hydrogen) atoms. The maximum absolute atomic E-state index is 15.6. The lowest BCUT2D eigenvalue weighted by molar-refractivity contribution is -0.392. The van der Waals surface area contributed by atoms with Gasteiger partial charge < -0.3 is 9.84 Å². The normalized spacial score (nSPS) is 18.6. The van der Waals surface area contributed by atoms with Crippen molar-refractivity contribution in [2.24, 2.45) is 0 Å². The molecule has 2 aromatic carbocycles. The molecule has 0 aromatic heterocycles. The summed E-state index contributed by atoms with van der Waals surface area (Å²) in [5, 5.41) is 10.6. The number of alkyl halides is 6. The number of nitrogens with zero attached hydrogens (tertiary/aromatic N) is 1. The molecule has 1 atom stereocenters. The minimum absolute atomic E-state index is 0.00918. The van der Waals surface area contributed by atoms with Crippen molar-refractivity contribution in [3.8, 4) is 0 Å². The Hall–Kier alpha value is -3.23. The smallest absolute Gasteiger partial charge is 0.428 e. The van der Waals surface area contributed by atoms with E-state index < -0.39 is 64.0 Å². The number of esters is 1. The highest BCUT2D eigenvalue weighted by Crippen LogP contribution is 2.56. The van der Waals surface area contributed by atoms with Gasteiger partial charge in [-0.1, -0.05) is 61.5 Å². The van der Waals surface area contributed by atoms with Crippen LogP contribution in [0.1, 0.15) is 41.3 Å². The first-order valence-corrected chi connectivity index (χ1v) is 13.7. The maximum atomic E-state index is 15.6. The van der Waals surface area contributed by atoms with Crippen LogP contribution in [0.4, 0.5) is 30.7 Å². The molecule has 0 saturated heterocycles. The molecule has 0 bridgehead atoms. The third kappa shape index (κ3) is 5.90. The van der Waals surface area contributed by atoms with Gasteiger partial charge in [-0.2, -0.15) is 30.6 Å². The minimum atomic E-state index is -6.48. The summed E-state index contributed by atoms with van der Waals surface area (Å²) >= 11 is 0. The second kappa shape index (κ2) is 11.6. The number of benzene rings is 2. The van der Waals surface area contributed by atoms with E-state index in [1.807, 2.05) is 0 Å². The number of sulfonamides is 1. The first kappa shape index (κ1) is 32.3. The molecule has 0 heterocycles.